The molecule has 1 amide bonds. The van der Waals surface area contributed by atoms with E-state index < -0.39 is 6.09 Å². The summed E-state index contributed by atoms with van der Waals surface area (Å²) in [7, 11) is 0. The third kappa shape index (κ3) is 4.53. The van der Waals surface area contributed by atoms with Crippen LogP contribution in [0.2, 0.25) is 0 Å². The Kier molecular flexibility index (Phi) is 6.41. The quantitative estimate of drug-likeness (QED) is 0.332. The number of fused-ring (bicyclic) bond motifs is 3. The molecule has 4 rings (SSSR count). The lowest BCUT2D eigenvalue weighted by molar-refractivity contribution is 0.143. The van der Waals surface area contributed by atoms with Gasteiger partial charge < -0.3 is 10.1 Å². The van der Waals surface area contributed by atoms with E-state index in [-0.39, 0.29) is 5.92 Å². The summed E-state index contributed by atoms with van der Waals surface area (Å²) >= 11 is 1.70. The van der Waals surface area contributed by atoms with Crippen LogP contribution in [0.3, 0.4) is 0 Å². The van der Waals surface area contributed by atoms with Gasteiger partial charge in [-0.05, 0) is 46.7 Å². The average Bonchev–Trinajstić information content (AvgIpc) is 3.11. The number of hydrogen-bond donors (Lipinski definition) is 1. The van der Waals surface area contributed by atoms with E-state index in [0.717, 1.165) is 5.56 Å². The fourth-order valence-electron chi connectivity index (χ4n) is 3.74. The van der Waals surface area contributed by atoms with Gasteiger partial charge in [0.05, 0.1) is 0 Å². The molecule has 1 aliphatic rings. The number of ether oxygens (including phenoxy) is 1. The Balaban J connectivity index is 1.28. The number of benzene rings is 3. The molecule has 0 saturated heterocycles. The second-order valence-electron chi connectivity index (χ2n) is 7.04. The zero-order chi connectivity index (χ0) is 20.8. The molecule has 0 spiro atoms. The standard InChI is InChI=1S/C26H23NO2S/c1-30-20-11-8-10-19(17-20)9-6-7-16-27-26(28)29-18-25-23-14-4-2-12-21(23)22-13-3-5-15-24(22)25/h2-5,8,10-15,17,25H,7,16,18H2,1H3,(H,27,28). The summed E-state index contributed by atoms with van der Waals surface area (Å²) in [5.41, 5.74) is 5.86. The summed E-state index contributed by atoms with van der Waals surface area (Å²) in [6, 6.07) is 24.8. The lowest BCUT2D eigenvalue weighted by Crippen LogP contribution is -2.26. The third-order valence-electron chi connectivity index (χ3n) is 5.17. The lowest BCUT2D eigenvalue weighted by Gasteiger charge is -2.14. The molecular formula is C26H23NO2S. The maximum Gasteiger partial charge on any atom is 0.407 e. The Hall–Kier alpha value is -3.16. The summed E-state index contributed by atoms with van der Waals surface area (Å²) in [6.07, 6.45) is 2.22. The van der Waals surface area contributed by atoms with Gasteiger partial charge in [-0.15, -0.1) is 11.8 Å². The molecule has 30 heavy (non-hydrogen) atoms. The topological polar surface area (TPSA) is 38.3 Å². The average molecular weight is 414 g/mol. The fraction of sp³-hybridized carbons (Fsp3) is 0.192. The highest BCUT2D eigenvalue weighted by atomic mass is 32.2. The number of hydrogen-bond acceptors (Lipinski definition) is 3. The van der Waals surface area contributed by atoms with Crippen LogP contribution in [0.5, 0.6) is 0 Å². The zero-order valence-electron chi connectivity index (χ0n) is 16.9. The maximum atomic E-state index is 12.2. The first-order valence-corrected chi connectivity index (χ1v) is 11.2. The van der Waals surface area contributed by atoms with Gasteiger partial charge in [-0.2, -0.15) is 0 Å². The predicted octanol–water partition coefficient (Wildman–Crippen LogP) is 5.69. The van der Waals surface area contributed by atoms with E-state index in [1.54, 1.807) is 11.8 Å². The SMILES string of the molecule is CSc1cccc(C#CCCNC(=O)OCC2c3ccccc3-c3ccccc32)c1. The minimum Gasteiger partial charge on any atom is -0.449 e. The molecule has 3 aromatic carbocycles. The molecule has 1 aliphatic carbocycles. The Morgan fingerprint density at radius 2 is 1.70 bits per heavy atom. The first kappa shape index (κ1) is 20.1. The van der Waals surface area contributed by atoms with Gasteiger partial charge in [0.25, 0.3) is 0 Å². The van der Waals surface area contributed by atoms with Crippen molar-refractivity contribution in [2.45, 2.75) is 17.2 Å². The van der Waals surface area contributed by atoms with Crippen molar-refractivity contribution >= 4 is 17.9 Å². The van der Waals surface area contributed by atoms with Gasteiger partial charge in [-0.25, -0.2) is 4.79 Å². The Morgan fingerprint density at radius 3 is 2.40 bits per heavy atom. The van der Waals surface area contributed by atoms with E-state index in [2.05, 4.69) is 53.6 Å². The summed E-state index contributed by atoms with van der Waals surface area (Å²) < 4.78 is 5.53. The number of alkyl carbamates (subject to hydrolysis) is 1. The highest BCUT2D eigenvalue weighted by Gasteiger charge is 2.28. The molecule has 0 heterocycles. The van der Waals surface area contributed by atoms with Crippen LogP contribution in [0.15, 0.2) is 77.7 Å². The molecule has 0 radical (unpaired) electrons. The molecule has 3 aromatic rings. The Morgan fingerprint density at radius 1 is 1.00 bits per heavy atom. The summed E-state index contributed by atoms with van der Waals surface area (Å²) in [5, 5.41) is 2.80. The second-order valence-corrected chi connectivity index (χ2v) is 7.92. The van der Waals surface area contributed by atoms with Crippen LogP contribution < -0.4 is 5.32 Å². The van der Waals surface area contributed by atoms with Gasteiger partial charge in [0.15, 0.2) is 0 Å². The zero-order valence-corrected chi connectivity index (χ0v) is 17.7. The van der Waals surface area contributed by atoms with Gasteiger partial charge in [-0.1, -0.05) is 66.4 Å². The first-order valence-electron chi connectivity index (χ1n) is 9.98. The minimum atomic E-state index is -0.400. The van der Waals surface area contributed by atoms with Crippen LogP contribution in [0.1, 0.15) is 29.0 Å². The number of rotatable bonds is 5. The molecule has 0 unspecified atom stereocenters. The molecule has 0 atom stereocenters. The molecule has 4 heteroatoms. The van der Waals surface area contributed by atoms with Crippen molar-refractivity contribution in [1.82, 2.24) is 5.32 Å². The van der Waals surface area contributed by atoms with Crippen molar-refractivity contribution in [2.75, 3.05) is 19.4 Å². The molecule has 0 saturated carbocycles. The van der Waals surface area contributed by atoms with Crippen molar-refractivity contribution in [3.63, 3.8) is 0 Å². The summed E-state index contributed by atoms with van der Waals surface area (Å²) in [6.45, 7) is 0.791. The van der Waals surface area contributed by atoms with E-state index in [1.165, 1.54) is 27.1 Å². The van der Waals surface area contributed by atoms with Crippen molar-refractivity contribution in [3.8, 4) is 23.0 Å². The van der Waals surface area contributed by atoms with Crippen LogP contribution in [0.25, 0.3) is 11.1 Å². The van der Waals surface area contributed by atoms with Crippen LogP contribution in [-0.2, 0) is 4.74 Å². The van der Waals surface area contributed by atoms with E-state index in [0.29, 0.717) is 19.6 Å². The number of carbonyl (C=O) groups excluding carboxylic acids is 1. The maximum absolute atomic E-state index is 12.2. The third-order valence-corrected chi connectivity index (χ3v) is 5.89. The molecule has 150 valence electrons. The molecule has 3 nitrogen and oxygen atoms in total. The lowest BCUT2D eigenvalue weighted by atomic mass is 9.98. The number of amides is 1. The van der Waals surface area contributed by atoms with Gasteiger partial charge in [0, 0.05) is 29.3 Å². The Labute approximate surface area is 181 Å². The monoisotopic (exact) mass is 413 g/mol. The Bertz CT molecular complexity index is 1070. The minimum absolute atomic E-state index is 0.0756. The number of thioether (sulfide) groups is 1. The smallest absolute Gasteiger partial charge is 0.407 e. The van der Waals surface area contributed by atoms with E-state index in [9.17, 15) is 4.79 Å². The molecule has 1 N–H and O–H groups in total. The van der Waals surface area contributed by atoms with Crippen molar-refractivity contribution in [2.24, 2.45) is 0 Å². The largest absolute Gasteiger partial charge is 0.449 e. The van der Waals surface area contributed by atoms with Crippen molar-refractivity contribution in [3.05, 3.63) is 89.5 Å². The van der Waals surface area contributed by atoms with E-state index >= 15 is 0 Å². The molecular weight excluding hydrogens is 390 g/mol. The second kappa shape index (κ2) is 9.56. The normalized spacial score (nSPS) is 11.8. The summed E-state index contributed by atoms with van der Waals surface area (Å²) in [4.78, 5) is 13.3. The molecule has 0 aromatic heterocycles. The predicted molar refractivity (Wildman–Crippen MR) is 123 cm³/mol. The van der Waals surface area contributed by atoms with Gasteiger partial charge in [-0.3, -0.25) is 0 Å². The first-order chi connectivity index (χ1) is 14.8. The number of nitrogens with one attached hydrogen (secondary N) is 1. The number of carbonyl (C=O) groups is 1. The van der Waals surface area contributed by atoms with Gasteiger partial charge in [0.1, 0.15) is 6.61 Å². The molecule has 0 bridgehead atoms. The highest BCUT2D eigenvalue weighted by Crippen LogP contribution is 2.44. The van der Waals surface area contributed by atoms with Crippen LogP contribution >= 0.6 is 11.8 Å². The molecule has 0 aliphatic heterocycles. The van der Waals surface area contributed by atoms with Crippen LogP contribution in [0.4, 0.5) is 4.79 Å². The van der Waals surface area contributed by atoms with Gasteiger partial charge >= 0.3 is 6.09 Å². The van der Waals surface area contributed by atoms with Crippen LogP contribution in [-0.4, -0.2) is 25.5 Å². The fourth-order valence-corrected chi connectivity index (χ4v) is 4.20. The van der Waals surface area contributed by atoms with E-state index in [1.807, 2.05) is 42.7 Å². The van der Waals surface area contributed by atoms with Crippen molar-refractivity contribution in [1.29, 1.82) is 0 Å². The van der Waals surface area contributed by atoms with Gasteiger partial charge in [0.2, 0.25) is 0 Å². The highest BCUT2D eigenvalue weighted by molar-refractivity contribution is 7.98. The van der Waals surface area contributed by atoms with Crippen LogP contribution in [0, 0.1) is 11.8 Å². The summed E-state index contributed by atoms with van der Waals surface area (Å²) in [5.74, 6) is 6.31. The molecule has 0 fully saturated rings. The van der Waals surface area contributed by atoms with Crippen molar-refractivity contribution < 1.29 is 9.53 Å². The van der Waals surface area contributed by atoms with E-state index in [4.69, 9.17) is 4.74 Å².